The molecule has 0 fully saturated rings. The second kappa shape index (κ2) is 10.1. The lowest BCUT2D eigenvalue weighted by Crippen LogP contribution is -2.09. The van der Waals surface area contributed by atoms with Crippen LogP contribution in [-0.4, -0.2) is 9.55 Å². The van der Waals surface area contributed by atoms with E-state index in [2.05, 4.69) is 136 Å². The fourth-order valence-corrected chi connectivity index (χ4v) is 6.55. The molecule has 0 aliphatic heterocycles. The molecule has 0 saturated carbocycles. The van der Waals surface area contributed by atoms with Crippen molar-refractivity contribution in [2.75, 3.05) is 0 Å². The molecule has 6 rings (SSSR count). The Hall–Kier alpha value is -3.69. The van der Waals surface area contributed by atoms with Gasteiger partial charge in [-0.1, -0.05) is 90.1 Å². The van der Waals surface area contributed by atoms with Gasteiger partial charge in [0.05, 0.1) is 16.7 Å². The molecule has 0 bridgehead atoms. The number of benzene rings is 4. The minimum absolute atomic E-state index is 0.349. The molecule has 3 heteroatoms. The van der Waals surface area contributed by atoms with Crippen molar-refractivity contribution in [3.63, 3.8) is 0 Å². The number of fused-ring (bicyclic) bond motifs is 2. The number of thiophene rings is 1. The highest BCUT2D eigenvalue weighted by molar-refractivity contribution is 7.17. The molecule has 0 unspecified atom stereocenters. The Morgan fingerprint density at radius 2 is 1.33 bits per heavy atom. The summed E-state index contributed by atoms with van der Waals surface area (Å²) in [6.45, 7) is 13.8. The second-order valence-corrected chi connectivity index (χ2v) is 12.4. The van der Waals surface area contributed by atoms with Gasteiger partial charge in [-0.25, -0.2) is 4.98 Å². The smallest absolute Gasteiger partial charge is 0.147 e. The molecule has 0 N–H and O–H groups in total. The van der Waals surface area contributed by atoms with E-state index in [4.69, 9.17) is 4.98 Å². The molecule has 2 heterocycles. The van der Waals surface area contributed by atoms with Gasteiger partial charge in [-0.05, 0) is 82.0 Å². The van der Waals surface area contributed by atoms with Crippen molar-refractivity contribution in [1.29, 1.82) is 0 Å². The number of imidazole rings is 1. The molecule has 2 aromatic heterocycles. The molecule has 0 spiro atoms. The predicted octanol–water partition coefficient (Wildman–Crippen LogP) is 10.9. The van der Waals surface area contributed by atoms with Crippen LogP contribution in [0.2, 0.25) is 0 Å². The zero-order chi connectivity index (χ0) is 27.3. The zero-order valence-corrected chi connectivity index (χ0v) is 24.5. The van der Waals surface area contributed by atoms with Crippen LogP contribution in [0.1, 0.15) is 76.0 Å². The van der Waals surface area contributed by atoms with Crippen LogP contribution in [-0.2, 0) is 0 Å². The fraction of sp³-hybridized carbons (Fsp3) is 0.250. The van der Waals surface area contributed by atoms with Gasteiger partial charge >= 0.3 is 0 Å². The molecule has 0 aliphatic carbocycles. The SMILES string of the molecule is CC(C)c1ccc2scc(-c3nc4ccccc4n3-c3c(C(C)C)cc(-c4ccccc4)cc3C(C)C)c2c1. The Bertz CT molecular complexity index is 1750. The molecule has 0 aliphatic rings. The molecule has 0 amide bonds. The third-order valence-corrected chi connectivity index (χ3v) is 8.77. The minimum atomic E-state index is 0.349. The van der Waals surface area contributed by atoms with Gasteiger partial charge in [-0.15, -0.1) is 11.3 Å². The van der Waals surface area contributed by atoms with Crippen LogP contribution in [0.15, 0.2) is 90.3 Å². The lowest BCUT2D eigenvalue weighted by Gasteiger charge is -2.24. The topological polar surface area (TPSA) is 17.8 Å². The van der Waals surface area contributed by atoms with E-state index in [0.29, 0.717) is 17.8 Å². The van der Waals surface area contributed by atoms with E-state index >= 15 is 0 Å². The number of rotatable bonds is 6. The zero-order valence-electron chi connectivity index (χ0n) is 23.7. The molecule has 39 heavy (non-hydrogen) atoms. The van der Waals surface area contributed by atoms with Crippen molar-refractivity contribution >= 4 is 32.5 Å². The summed E-state index contributed by atoms with van der Waals surface area (Å²) >= 11 is 1.81. The number of hydrogen-bond donors (Lipinski definition) is 0. The third-order valence-electron chi connectivity index (χ3n) is 7.81. The average molecular weight is 529 g/mol. The van der Waals surface area contributed by atoms with Gasteiger partial charge in [0.15, 0.2) is 0 Å². The lowest BCUT2D eigenvalue weighted by molar-refractivity contribution is 0.812. The number of aromatic nitrogens is 2. The van der Waals surface area contributed by atoms with E-state index in [1.54, 1.807) is 0 Å². The van der Waals surface area contributed by atoms with Crippen molar-refractivity contribution in [2.45, 2.75) is 59.3 Å². The molecule has 196 valence electrons. The molecular weight excluding hydrogens is 492 g/mol. The van der Waals surface area contributed by atoms with E-state index < -0.39 is 0 Å². The maximum Gasteiger partial charge on any atom is 0.147 e. The summed E-state index contributed by atoms with van der Waals surface area (Å²) in [5.74, 6) is 2.20. The normalized spacial score (nSPS) is 12.0. The van der Waals surface area contributed by atoms with Crippen LogP contribution < -0.4 is 0 Å². The summed E-state index contributed by atoms with van der Waals surface area (Å²) in [7, 11) is 0. The molecule has 2 nitrogen and oxygen atoms in total. The van der Waals surface area contributed by atoms with Crippen LogP contribution in [0.25, 0.3) is 49.3 Å². The van der Waals surface area contributed by atoms with Crippen molar-refractivity contribution in [2.24, 2.45) is 0 Å². The number of nitrogens with zero attached hydrogens (tertiary/aromatic N) is 2. The highest BCUT2D eigenvalue weighted by Gasteiger charge is 2.24. The van der Waals surface area contributed by atoms with E-state index in [0.717, 1.165) is 16.9 Å². The Morgan fingerprint density at radius 1 is 0.667 bits per heavy atom. The minimum Gasteiger partial charge on any atom is -0.292 e. The standard InChI is InChI=1S/C36H36N2S/c1-22(2)26-16-17-34-30(18-26)31(21-39-34)36-37-32-14-10-11-15-33(32)38(36)35-28(23(3)4)19-27(20-29(35)24(5)6)25-12-8-7-9-13-25/h7-24H,1-6H3. The number of para-hydroxylation sites is 2. The van der Waals surface area contributed by atoms with E-state index in [1.807, 2.05) is 11.3 Å². The van der Waals surface area contributed by atoms with Crippen molar-refractivity contribution in [1.82, 2.24) is 9.55 Å². The first-order valence-corrected chi connectivity index (χ1v) is 14.9. The van der Waals surface area contributed by atoms with Crippen LogP contribution in [0.4, 0.5) is 0 Å². The van der Waals surface area contributed by atoms with Crippen LogP contribution >= 0.6 is 11.3 Å². The monoisotopic (exact) mass is 528 g/mol. The van der Waals surface area contributed by atoms with E-state index in [9.17, 15) is 0 Å². The summed E-state index contributed by atoms with van der Waals surface area (Å²) in [5.41, 5.74) is 11.3. The molecule has 6 aromatic rings. The van der Waals surface area contributed by atoms with Gasteiger partial charge in [0, 0.05) is 21.0 Å². The van der Waals surface area contributed by atoms with Gasteiger partial charge in [0.25, 0.3) is 0 Å². The first-order chi connectivity index (χ1) is 18.8. The highest BCUT2D eigenvalue weighted by atomic mass is 32.1. The van der Waals surface area contributed by atoms with Crippen LogP contribution in [0.5, 0.6) is 0 Å². The Labute approximate surface area is 236 Å². The maximum atomic E-state index is 5.31. The van der Waals surface area contributed by atoms with Crippen molar-refractivity contribution in [3.8, 4) is 28.2 Å². The fourth-order valence-electron chi connectivity index (χ4n) is 5.63. The summed E-state index contributed by atoms with van der Waals surface area (Å²) in [4.78, 5) is 5.31. The van der Waals surface area contributed by atoms with Crippen molar-refractivity contribution in [3.05, 3.63) is 107 Å². The summed E-state index contributed by atoms with van der Waals surface area (Å²) < 4.78 is 3.76. The van der Waals surface area contributed by atoms with Crippen LogP contribution in [0.3, 0.4) is 0 Å². The summed E-state index contributed by atoms with van der Waals surface area (Å²) in [6.07, 6.45) is 0. The predicted molar refractivity (Wildman–Crippen MR) is 170 cm³/mol. The molecule has 0 saturated heterocycles. The summed E-state index contributed by atoms with van der Waals surface area (Å²) in [6, 6.07) is 31.1. The third kappa shape index (κ3) is 4.49. The van der Waals surface area contributed by atoms with Gasteiger partial charge in [0.2, 0.25) is 0 Å². The van der Waals surface area contributed by atoms with Crippen molar-refractivity contribution < 1.29 is 0 Å². The maximum absolute atomic E-state index is 5.31. The summed E-state index contributed by atoms with van der Waals surface area (Å²) in [5, 5.41) is 3.59. The van der Waals surface area contributed by atoms with Gasteiger partial charge in [-0.3, -0.25) is 4.57 Å². The molecule has 0 atom stereocenters. The lowest BCUT2D eigenvalue weighted by atomic mass is 9.88. The first-order valence-electron chi connectivity index (χ1n) is 14.1. The molecule has 4 aromatic carbocycles. The van der Waals surface area contributed by atoms with E-state index in [1.165, 1.54) is 49.2 Å². The Kier molecular flexibility index (Phi) is 6.64. The largest absolute Gasteiger partial charge is 0.292 e. The highest BCUT2D eigenvalue weighted by Crippen LogP contribution is 2.42. The second-order valence-electron chi connectivity index (χ2n) is 11.5. The Balaban J connectivity index is 1.71. The van der Waals surface area contributed by atoms with E-state index in [-0.39, 0.29) is 0 Å². The molecular formula is C36H36N2S. The number of hydrogen-bond acceptors (Lipinski definition) is 2. The van der Waals surface area contributed by atoms with Gasteiger partial charge in [0.1, 0.15) is 5.82 Å². The first kappa shape index (κ1) is 25.6. The van der Waals surface area contributed by atoms with Gasteiger partial charge in [-0.2, -0.15) is 0 Å². The Morgan fingerprint density at radius 3 is 2.00 bits per heavy atom. The van der Waals surface area contributed by atoms with Crippen LogP contribution in [0, 0.1) is 0 Å². The molecule has 0 radical (unpaired) electrons. The quantitative estimate of drug-likeness (QED) is 0.210. The van der Waals surface area contributed by atoms with Gasteiger partial charge < -0.3 is 0 Å². The average Bonchev–Trinajstić information content (AvgIpc) is 3.53.